The minimum absolute atomic E-state index is 0.225. The molecule has 1 saturated carbocycles. The van der Waals surface area contributed by atoms with Gasteiger partial charge in [0, 0.05) is 12.1 Å². The van der Waals surface area contributed by atoms with Crippen LogP contribution < -0.4 is 5.32 Å². The van der Waals surface area contributed by atoms with Crippen LogP contribution in [-0.4, -0.2) is 23.0 Å². The molecule has 4 heteroatoms. The molecule has 0 heterocycles. The minimum atomic E-state index is -0.811. The first-order valence-electron chi connectivity index (χ1n) is 7.43. The Morgan fingerprint density at radius 1 is 1.10 bits per heavy atom. The van der Waals surface area contributed by atoms with Gasteiger partial charge in [0.2, 0.25) is 5.91 Å². The topological polar surface area (TPSA) is 66.4 Å². The van der Waals surface area contributed by atoms with E-state index in [0.717, 1.165) is 31.2 Å². The van der Waals surface area contributed by atoms with Crippen molar-refractivity contribution < 1.29 is 14.7 Å². The summed E-state index contributed by atoms with van der Waals surface area (Å²) in [6, 6.07) is 9.29. The maximum Gasteiger partial charge on any atom is 0.308 e. The van der Waals surface area contributed by atoms with Gasteiger partial charge < -0.3 is 10.4 Å². The standard InChI is InChI=1S/C17H21NO3/c19-16(12-11-13-7-3-1-4-8-13)18-15-10-6-2-5-9-14(15)17(20)21/h1,3-4,7-8,11-12,14-15H,2,5-6,9-10H2,(H,18,19)(H,20,21)/b12-11+. The molecular formula is C17H21NO3. The summed E-state index contributed by atoms with van der Waals surface area (Å²) < 4.78 is 0. The van der Waals surface area contributed by atoms with Gasteiger partial charge in [0.05, 0.1) is 5.92 Å². The predicted octanol–water partition coefficient (Wildman–Crippen LogP) is 2.85. The molecule has 112 valence electrons. The van der Waals surface area contributed by atoms with Crippen molar-refractivity contribution in [3.63, 3.8) is 0 Å². The van der Waals surface area contributed by atoms with E-state index in [1.165, 1.54) is 6.08 Å². The molecule has 0 radical (unpaired) electrons. The maximum absolute atomic E-state index is 12.0. The predicted molar refractivity (Wildman–Crippen MR) is 81.6 cm³/mol. The van der Waals surface area contributed by atoms with Crippen molar-refractivity contribution in [2.24, 2.45) is 5.92 Å². The Morgan fingerprint density at radius 2 is 1.81 bits per heavy atom. The molecule has 1 fully saturated rings. The number of hydrogen-bond acceptors (Lipinski definition) is 2. The van der Waals surface area contributed by atoms with Crippen LogP contribution in [0.3, 0.4) is 0 Å². The highest BCUT2D eigenvalue weighted by atomic mass is 16.4. The van der Waals surface area contributed by atoms with Crippen LogP contribution >= 0.6 is 0 Å². The first kappa shape index (κ1) is 15.3. The number of nitrogens with one attached hydrogen (secondary N) is 1. The molecule has 1 aromatic carbocycles. The molecule has 21 heavy (non-hydrogen) atoms. The van der Waals surface area contributed by atoms with Gasteiger partial charge >= 0.3 is 5.97 Å². The summed E-state index contributed by atoms with van der Waals surface area (Å²) in [6.45, 7) is 0. The van der Waals surface area contributed by atoms with E-state index in [4.69, 9.17) is 0 Å². The number of hydrogen-bond donors (Lipinski definition) is 2. The third kappa shape index (κ3) is 4.74. The van der Waals surface area contributed by atoms with E-state index in [1.54, 1.807) is 6.08 Å². The Morgan fingerprint density at radius 3 is 2.52 bits per heavy atom. The van der Waals surface area contributed by atoms with Crippen molar-refractivity contribution in [1.29, 1.82) is 0 Å². The fourth-order valence-corrected chi connectivity index (χ4v) is 2.74. The number of amides is 1. The lowest BCUT2D eigenvalue weighted by molar-refractivity contribution is -0.143. The van der Waals surface area contributed by atoms with Crippen LogP contribution in [0, 0.1) is 5.92 Å². The summed E-state index contributed by atoms with van der Waals surface area (Å²) in [4.78, 5) is 23.3. The molecule has 1 aliphatic carbocycles. The summed E-state index contributed by atoms with van der Waals surface area (Å²) in [5.41, 5.74) is 0.948. The lowest BCUT2D eigenvalue weighted by atomic mass is 9.95. The van der Waals surface area contributed by atoms with Crippen molar-refractivity contribution in [1.82, 2.24) is 5.32 Å². The lowest BCUT2D eigenvalue weighted by Crippen LogP contribution is -2.42. The van der Waals surface area contributed by atoms with Gasteiger partial charge in [0.25, 0.3) is 0 Å². The van der Waals surface area contributed by atoms with Crippen LogP contribution in [0.25, 0.3) is 6.08 Å². The fraction of sp³-hybridized carbons (Fsp3) is 0.412. The van der Waals surface area contributed by atoms with Crippen molar-refractivity contribution in [2.75, 3.05) is 0 Å². The zero-order valence-electron chi connectivity index (χ0n) is 12.0. The monoisotopic (exact) mass is 287 g/mol. The number of carbonyl (C=O) groups is 2. The third-order valence-electron chi connectivity index (χ3n) is 3.89. The summed E-state index contributed by atoms with van der Waals surface area (Å²) in [5, 5.41) is 12.1. The van der Waals surface area contributed by atoms with Gasteiger partial charge in [-0.05, 0) is 24.5 Å². The Hall–Kier alpha value is -2.10. The van der Waals surface area contributed by atoms with E-state index in [-0.39, 0.29) is 11.9 Å². The molecule has 0 aromatic heterocycles. The van der Waals surface area contributed by atoms with E-state index >= 15 is 0 Å². The highest BCUT2D eigenvalue weighted by molar-refractivity contribution is 5.92. The zero-order valence-corrected chi connectivity index (χ0v) is 12.0. The molecule has 0 spiro atoms. The quantitative estimate of drug-likeness (QED) is 0.661. The zero-order chi connectivity index (χ0) is 15.1. The van der Waals surface area contributed by atoms with Gasteiger partial charge in [-0.25, -0.2) is 0 Å². The molecule has 2 atom stereocenters. The van der Waals surface area contributed by atoms with Crippen LogP contribution in [0.5, 0.6) is 0 Å². The number of rotatable bonds is 4. The molecule has 4 nitrogen and oxygen atoms in total. The smallest absolute Gasteiger partial charge is 0.308 e. The van der Waals surface area contributed by atoms with Crippen molar-refractivity contribution in [2.45, 2.75) is 38.1 Å². The normalized spacial score (nSPS) is 22.7. The highest BCUT2D eigenvalue weighted by Gasteiger charge is 2.30. The lowest BCUT2D eigenvalue weighted by Gasteiger charge is -2.22. The van der Waals surface area contributed by atoms with Crippen LogP contribution in [-0.2, 0) is 9.59 Å². The number of carboxylic acid groups (broad SMARTS) is 1. The van der Waals surface area contributed by atoms with Crippen molar-refractivity contribution in [3.8, 4) is 0 Å². The van der Waals surface area contributed by atoms with Gasteiger partial charge in [-0.15, -0.1) is 0 Å². The first-order valence-corrected chi connectivity index (χ1v) is 7.43. The third-order valence-corrected chi connectivity index (χ3v) is 3.89. The van der Waals surface area contributed by atoms with Gasteiger partial charge in [-0.2, -0.15) is 0 Å². The second-order valence-electron chi connectivity index (χ2n) is 5.44. The largest absolute Gasteiger partial charge is 0.481 e. The fourth-order valence-electron chi connectivity index (χ4n) is 2.74. The first-order chi connectivity index (χ1) is 10.2. The second-order valence-corrected chi connectivity index (χ2v) is 5.44. The van der Waals surface area contributed by atoms with E-state index in [2.05, 4.69) is 5.32 Å². The van der Waals surface area contributed by atoms with Gasteiger partial charge in [0.15, 0.2) is 0 Å². The molecule has 1 aromatic rings. The van der Waals surface area contributed by atoms with Gasteiger partial charge in [-0.3, -0.25) is 9.59 Å². The van der Waals surface area contributed by atoms with Crippen LogP contribution in [0.15, 0.2) is 36.4 Å². The summed E-state index contributed by atoms with van der Waals surface area (Å²) in [5.74, 6) is -1.51. The second kappa shape index (κ2) is 7.62. The summed E-state index contributed by atoms with van der Waals surface area (Å²) in [6.07, 6.45) is 7.52. The number of benzene rings is 1. The Balaban J connectivity index is 1.96. The minimum Gasteiger partial charge on any atom is -0.481 e. The molecule has 0 aliphatic heterocycles. The molecule has 2 rings (SSSR count). The van der Waals surface area contributed by atoms with Crippen LogP contribution in [0.2, 0.25) is 0 Å². The Bertz CT molecular complexity index is 510. The molecule has 1 amide bonds. The van der Waals surface area contributed by atoms with Gasteiger partial charge in [-0.1, -0.05) is 49.6 Å². The van der Waals surface area contributed by atoms with E-state index in [0.29, 0.717) is 6.42 Å². The van der Waals surface area contributed by atoms with E-state index in [9.17, 15) is 14.7 Å². The molecule has 2 unspecified atom stereocenters. The number of carbonyl (C=O) groups excluding carboxylic acids is 1. The number of aliphatic carboxylic acids is 1. The Labute approximate surface area is 124 Å². The molecule has 0 bridgehead atoms. The number of carboxylic acids is 1. The molecule has 1 aliphatic rings. The van der Waals surface area contributed by atoms with Crippen molar-refractivity contribution in [3.05, 3.63) is 42.0 Å². The van der Waals surface area contributed by atoms with E-state index in [1.807, 2.05) is 30.3 Å². The maximum atomic E-state index is 12.0. The van der Waals surface area contributed by atoms with Crippen molar-refractivity contribution >= 4 is 18.0 Å². The highest BCUT2D eigenvalue weighted by Crippen LogP contribution is 2.23. The molecule has 0 saturated heterocycles. The SMILES string of the molecule is O=C(/C=C/c1ccccc1)NC1CCCCCC1C(=O)O. The summed E-state index contributed by atoms with van der Waals surface area (Å²) >= 11 is 0. The Kier molecular flexibility index (Phi) is 5.55. The van der Waals surface area contributed by atoms with Crippen LogP contribution in [0.1, 0.15) is 37.7 Å². The van der Waals surface area contributed by atoms with Gasteiger partial charge in [0.1, 0.15) is 0 Å². The average Bonchev–Trinajstić information content (AvgIpc) is 2.72. The average molecular weight is 287 g/mol. The van der Waals surface area contributed by atoms with Crippen LogP contribution in [0.4, 0.5) is 0 Å². The molecule has 2 N–H and O–H groups in total. The summed E-state index contributed by atoms with van der Waals surface area (Å²) in [7, 11) is 0. The van der Waals surface area contributed by atoms with E-state index < -0.39 is 11.9 Å². The molecular weight excluding hydrogens is 266 g/mol.